The summed E-state index contributed by atoms with van der Waals surface area (Å²) >= 11 is 6.10. The van der Waals surface area contributed by atoms with Crippen molar-refractivity contribution in [3.05, 3.63) is 0 Å². The van der Waals surface area contributed by atoms with Crippen LogP contribution in [0.3, 0.4) is 0 Å². The molecule has 1 atom stereocenters. The van der Waals surface area contributed by atoms with E-state index >= 15 is 0 Å². The summed E-state index contributed by atoms with van der Waals surface area (Å²) in [7, 11) is 3.48. The van der Waals surface area contributed by atoms with Crippen LogP contribution < -0.4 is 0 Å². The Hall–Kier alpha value is -0.280. The van der Waals surface area contributed by atoms with Gasteiger partial charge in [-0.25, -0.2) is 0 Å². The summed E-state index contributed by atoms with van der Waals surface area (Å²) in [5.74, 6) is 0.263. The van der Waals surface area contributed by atoms with Crippen LogP contribution in [0.15, 0.2) is 0 Å². The molecule has 4 heteroatoms. The van der Waals surface area contributed by atoms with Gasteiger partial charge >= 0.3 is 0 Å². The fourth-order valence-electron chi connectivity index (χ4n) is 2.79. The number of hydrogen-bond donors (Lipinski definition) is 0. The average molecular weight is 262 g/mol. The molecule has 0 aromatic heterocycles. The summed E-state index contributed by atoms with van der Waals surface area (Å²) in [4.78, 5) is 14.2. The van der Waals surface area contributed by atoms with E-state index in [0.29, 0.717) is 13.2 Å². The molecule has 100 valence electrons. The quantitative estimate of drug-likeness (QED) is 0.688. The predicted octanol–water partition coefficient (Wildman–Crippen LogP) is 2.67. The van der Waals surface area contributed by atoms with Crippen molar-refractivity contribution < 1.29 is 9.53 Å². The van der Waals surface area contributed by atoms with Crippen LogP contribution >= 0.6 is 11.6 Å². The van der Waals surface area contributed by atoms with E-state index in [1.807, 2.05) is 7.05 Å². The number of hydrogen-bond acceptors (Lipinski definition) is 2. The van der Waals surface area contributed by atoms with Gasteiger partial charge in [0.25, 0.3) is 0 Å². The molecule has 1 fully saturated rings. The molecule has 0 aromatic rings. The number of amides is 1. The highest BCUT2D eigenvalue weighted by Crippen LogP contribution is 2.42. The van der Waals surface area contributed by atoms with Crippen molar-refractivity contribution in [2.24, 2.45) is 5.41 Å². The van der Waals surface area contributed by atoms with Crippen molar-refractivity contribution >= 4 is 17.5 Å². The van der Waals surface area contributed by atoms with Crippen molar-refractivity contribution in [1.82, 2.24) is 4.90 Å². The van der Waals surface area contributed by atoms with Gasteiger partial charge in [0.1, 0.15) is 0 Å². The maximum atomic E-state index is 12.5. The first kappa shape index (κ1) is 14.8. The SMILES string of the molecule is CCC1(C(=O)N(C)CC(Cl)COC)CCCC1. The molecule has 3 nitrogen and oxygen atoms in total. The minimum Gasteiger partial charge on any atom is -0.383 e. The Morgan fingerprint density at radius 3 is 2.53 bits per heavy atom. The molecule has 0 radical (unpaired) electrons. The lowest BCUT2D eigenvalue weighted by Gasteiger charge is -2.32. The van der Waals surface area contributed by atoms with Crippen LogP contribution in [0, 0.1) is 5.41 Å². The van der Waals surface area contributed by atoms with Gasteiger partial charge in [0.15, 0.2) is 0 Å². The third kappa shape index (κ3) is 3.59. The molecule has 1 aliphatic rings. The lowest BCUT2D eigenvalue weighted by molar-refractivity contribution is -0.140. The van der Waals surface area contributed by atoms with Gasteiger partial charge in [0.2, 0.25) is 5.91 Å². The van der Waals surface area contributed by atoms with Crippen LogP contribution in [-0.2, 0) is 9.53 Å². The highest BCUT2D eigenvalue weighted by atomic mass is 35.5. The van der Waals surface area contributed by atoms with Gasteiger partial charge in [0.05, 0.1) is 12.0 Å². The molecule has 0 aromatic carbocycles. The molecule has 1 saturated carbocycles. The Balaban J connectivity index is 2.55. The fraction of sp³-hybridized carbons (Fsp3) is 0.923. The summed E-state index contributed by atoms with van der Waals surface area (Å²) in [5.41, 5.74) is -0.113. The molecule has 1 rings (SSSR count). The van der Waals surface area contributed by atoms with Crippen LogP contribution in [0.1, 0.15) is 39.0 Å². The Morgan fingerprint density at radius 1 is 1.47 bits per heavy atom. The van der Waals surface area contributed by atoms with E-state index in [4.69, 9.17) is 16.3 Å². The molecule has 1 unspecified atom stereocenters. The molecular formula is C13H24ClNO2. The molecule has 0 saturated heterocycles. The zero-order chi connectivity index (χ0) is 12.9. The zero-order valence-corrected chi connectivity index (χ0v) is 11.9. The molecule has 0 heterocycles. The summed E-state index contributed by atoms with van der Waals surface area (Å²) in [6.07, 6.45) is 5.35. The van der Waals surface area contributed by atoms with Gasteiger partial charge in [-0.2, -0.15) is 0 Å². The number of alkyl halides is 1. The highest BCUT2D eigenvalue weighted by Gasteiger charge is 2.41. The summed E-state index contributed by atoms with van der Waals surface area (Å²) in [5, 5.41) is -0.121. The fourth-order valence-corrected chi connectivity index (χ4v) is 3.12. The molecular weight excluding hydrogens is 238 g/mol. The highest BCUT2D eigenvalue weighted by molar-refractivity contribution is 6.21. The second-order valence-electron chi connectivity index (χ2n) is 5.08. The molecule has 0 spiro atoms. The molecule has 17 heavy (non-hydrogen) atoms. The Morgan fingerprint density at radius 2 is 2.06 bits per heavy atom. The monoisotopic (exact) mass is 261 g/mol. The van der Waals surface area contributed by atoms with Crippen molar-refractivity contribution in [2.45, 2.75) is 44.4 Å². The topological polar surface area (TPSA) is 29.5 Å². The predicted molar refractivity (Wildman–Crippen MR) is 70.3 cm³/mol. The standard InChI is InChI=1S/C13H24ClNO2/c1-4-13(7-5-6-8-13)12(16)15(2)9-11(14)10-17-3/h11H,4-10H2,1-3H3. The largest absolute Gasteiger partial charge is 0.383 e. The van der Waals surface area contributed by atoms with E-state index in [2.05, 4.69) is 6.92 Å². The third-order valence-electron chi connectivity index (χ3n) is 3.86. The van der Waals surface area contributed by atoms with E-state index in [1.54, 1.807) is 12.0 Å². The summed E-state index contributed by atoms with van der Waals surface area (Å²) in [6.45, 7) is 3.17. The first-order valence-corrected chi connectivity index (χ1v) is 6.88. The van der Waals surface area contributed by atoms with Crippen LogP contribution in [0.25, 0.3) is 0 Å². The smallest absolute Gasteiger partial charge is 0.228 e. The number of rotatable bonds is 6. The average Bonchev–Trinajstić information content (AvgIpc) is 2.78. The first-order valence-electron chi connectivity index (χ1n) is 6.44. The summed E-state index contributed by atoms with van der Waals surface area (Å²) < 4.78 is 4.99. The Kier molecular flexibility index (Phi) is 5.74. The molecule has 1 aliphatic carbocycles. The number of methoxy groups -OCH3 is 1. The molecule has 0 aliphatic heterocycles. The summed E-state index contributed by atoms with van der Waals surface area (Å²) in [6, 6.07) is 0. The van der Waals surface area contributed by atoms with Crippen molar-refractivity contribution in [2.75, 3.05) is 27.3 Å². The van der Waals surface area contributed by atoms with E-state index in [1.165, 1.54) is 12.8 Å². The van der Waals surface area contributed by atoms with Gasteiger partial charge in [-0.15, -0.1) is 11.6 Å². The molecule has 0 bridgehead atoms. The van der Waals surface area contributed by atoms with Crippen LogP contribution in [0.5, 0.6) is 0 Å². The maximum absolute atomic E-state index is 12.5. The van der Waals surface area contributed by atoms with Gasteiger partial charge in [-0.1, -0.05) is 19.8 Å². The van der Waals surface area contributed by atoms with E-state index in [0.717, 1.165) is 19.3 Å². The van der Waals surface area contributed by atoms with Crippen molar-refractivity contribution in [3.8, 4) is 0 Å². The third-order valence-corrected chi connectivity index (χ3v) is 4.12. The number of halogens is 1. The minimum absolute atomic E-state index is 0.113. The van der Waals surface area contributed by atoms with Crippen LogP contribution in [0.2, 0.25) is 0 Å². The van der Waals surface area contributed by atoms with E-state index < -0.39 is 0 Å². The van der Waals surface area contributed by atoms with Gasteiger partial charge in [-0.3, -0.25) is 4.79 Å². The number of ether oxygens (including phenoxy) is 1. The van der Waals surface area contributed by atoms with Gasteiger partial charge in [0, 0.05) is 26.1 Å². The first-order chi connectivity index (χ1) is 8.05. The number of nitrogens with zero attached hydrogens (tertiary/aromatic N) is 1. The van der Waals surface area contributed by atoms with E-state index in [-0.39, 0.29) is 16.7 Å². The maximum Gasteiger partial charge on any atom is 0.228 e. The van der Waals surface area contributed by atoms with Gasteiger partial charge < -0.3 is 9.64 Å². The van der Waals surface area contributed by atoms with Crippen molar-refractivity contribution in [3.63, 3.8) is 0 Å². The minimum atomic E-state index is -0.121. The second kappa shape index (κ2) is 6.60. The van der Waals surface area contributed by atoms with E-state index in [9.17, 15) is 4.79 Å². The lowest BCUT2D eigenvalue weighted by Crippen LogP contribution is -2.43. The Labute approximate surface area is 109 Å². The zero-order valence-electron chi connectivity index (χ0n) is 11.2. The number of carbonyl (C=O) groups excluding carboxylic acids is 1. The number of carbonyl (C=O) groups is 1. The van der Waals surface area contributed by atoms with Crippen LogP contribution in [-0.4, -0.2) is 43.5 Å². The van der Waals surface area contributed by atoms with Gasteiger partial charge in [-0.05, 0) is 19.3 Å². The Bertz CT molecular complexity index is 252. The van der Waals surface area contributed by atoms with Crippen molar-refractivity contribution in [1.29, 1.82) is 0 Å². The lowest BCUT2D eigenvalue weighted by atomic mass is 9.82. The molecule has 0 N–H and O–H groups in total. The van der Waals surface area contributed by atoms with Crippen LogP contribution in [0.4, 0.5) is 0 Å². The second-order valence-corrected chi connectivity index (χ2v) is 5.70. The molecule has 1 amide bonds. The normalized spacial score (nSPS) is 20.2.